The summed E-state index contributed by atoms with van der Waals surface area (Å²) < 4.78 is 43.7. The summed E-state index contributed by atoms with van der Waals surface area (Å²) >= 11 is 0. The number of hydrogen-bond donors (Lipinski definition) is 0. The highest BCUT2D eigenvalue weighted by atomic mass is 19.4. The van der Waals surface area contributed by atoms with E-state index >= 15 is 0 Å². The molecule has 0 atom stereocenters. The molecule has 7 nitrogen and oxygen atoms in total. The van der Waals surface area contributed by atoms with Crippen molar-refractivity contribution >= 4 is 0 Å². The van der Waals surface area contributed by atoms with Crippen LogP contribution in [0.4, 0.5) is 13.2 Å². The van der Waals surface area contributed by atoms with E-state index in [2.05, 4.69) is 5.10 Å². The van der Waals surface area contributed by atoms with E-state index in [1.54, 1.807) is 35.1 Å². The molecule has 0 aliphatic carbocycles. The quantitative estimate of drug-likeness (QED) is 0.409. The average molecular weight is 493 g/mol. The van der Waals surface area contributed by atoms with E-state index in [1.807, 2.05) is 13.0 Å². The van der Waals surface area contributed by atoms with Crippen LogP contribution in [-0.4, -0.2) is 18.9 Å². The van der Waals surface area contributed by atoms with E-state index in [0.29, 0.717) is 23.4 Å². The smallest absolute Gasteiger partial charge is 0.268 e. The number of rotatable bonds is 5. The van der Waals surface area contributed by atoms with Gasteiger partial charge in [0, 0.05) is 12.7 Å². The molecule has 0 N–H and O–H groups in total. The maximum atomic E-state index is 13.4. The minimum absolute atomic E-state index is 0.00865. The maximum absolute atomic E-state index is 13.4. The number of aryl methyl sites for hydroxylation is 1. The van der Waals surface area contributed by atoms with Crippen molar-refractivity contribution in [2.24, 2.45) is 7.05 Å². The molecule has 0 radical (unpaired) electrons. The van der Waals surface area contributed by atoms with Crippen LogP contribution in [0.1, 0.15) is 35.7 Å². The zero-order valence-corrected chi connectivity index (χ0v) is 19.8. The standard InChI is InChI=1S/C26H22F3N5O2/c1-4-6-18-15-31-34(20-11-9-17(14-30)10-12-20)23(18)22-16(2)33(25(36)32(3)24(22)35)21-8-5-7-19(13-21)26(27,28)29/h5,7-13,15H,4,6H2,1-3H3. The lowest BCUT2D eigenvalue weighted by molar-refractivity contribution is -0.137. The van der Waals surface area contributed by atoms with E-state index in [1.165, 1.54) is 26.1 Å². The largest absolute Gasteiger partial charge is 0.416 e. The molecule has 0 amide bonds. The molecule has 10 heteroatoms. The summed E-state index contributed by atoms with van der Waals surface area (Å²) in [6.45, 7) is 3.50. The number of nitriles is 1. The van der Waals surface area contributed by atoms with Crippen molar-refractivity contribution in [3.63, 3.8) is 0 Å². The summed E-state index contributed by atoms with van der Waals surface area (Å²) in [5.41, 5.74) is 0.305. The third kappa shape index (κ3) is 4.24. The summed E-state index contributed by atoms with van der Waals surface area (Å²) in [6, 6.07) is 13.1. The van der Waals surface area contributed by atoms with Gasteiger partial charge in [-0.25, -0.2) is 9.48 Å². The minimum Gasteiger partial charge on any atom is -0.268 e. The van der Waals surface area contributed by atoms with Gasteiger partial charge in [0.2, 0.25) is 0 Å². The van der Waals surface area contributed by atoms with Gasteiger partial charge in [-0.15, -0.1) is 0 Å². The highest BCUT2D eigenvalue weighted by Crippen LogP contribution is 2.32. The van der Waals surface area contributed by atoms with Gasteiger partial charge >= 0.3 is 11.9 Å². The molecule has 2 aromatic carbocycles. The number of halogens is 3. The van der Waals surface area contributed by atoms with Gasteiger partial charge in [-0.3, -0.25) is 13.9 Å². The molecule has 0 aliphatic heterocycles. The second-order valence-electron chi connectivity index (χ2n) is 8.33. The predicted molar refractivity (Wildman–Crippen MR) is 128 cm³/mol. The van der Waals surface area contributed by atoms with Gasteiger partial charge in [-0.2, -0.15) is 23.5 Å². The maximum Gasteiger partial charge on any atom is 0.416 e. The van der Waals surface area contributed by atoms with Crippen LogP contribution in [-0.2, 0) is 19.6 Å². The van der Waals surface area contributed by atoms with Crippen molar-refractivity contribution in [1.29, 1.82) is 5.26 Å². The molecule has 0 bridgehead atoms. The van der Waals surface area contributed by atoms with Crippen LogP contribution in [0.2, 0.25) is 0 Å². The molecule has 2 aromatic heterocycles. The first-order valence-electron chi connectivity index (χ1n) is 11.2. The third-order valence-corrected chi connectivity index (χ3v) is 5.97. The predicted octanol–water partition coefficient (Wildman–Crippen LogP) is 4.54. The number of alkyl halides is 3. The van der Waals surface area contributed by atoms with E-state index in [0.717, 1.165) is 33.3 Å². The Morgan fingerprint density at radius 3 is 2.36 bits per heavy atom. The Kier molecular flexibility index (Phi) is 6.41. The molecule has 0 spiro atoms. The molecular formula is C26H22F3N5O2. The van der Waals surface area contributed by atoms with Crippen molar-refractivity contribution < 1.29 is 13.2 Å². The van der Waals surface area contributed by atoms with Crippen LogP contribution in [0, 0.1) is 18.3 Å². The highest BCUT2D eigenvalue weighted by molar-refractivity contribution is 5.68. The van der Waals surface area contributed by atoms with Gasteiger partial charge < -0.3 is 0 Å². The van der Waals surface area contributed by atoms with E-state index in [4.69, 9.17) is 5.26 Å². The molecule has 4 aromatic rings. The van der Waals surface area contributed by atoms with Crippen LogP contribution >= 0.6 is 0 Å². The van der Waals surface area contributed by atoms with Gasteiger partial charge in [0.05, 0.1) is 46.0 Å². The highest BCUT2D eigenvalue weighted by Gasteiger charge is 2.31. The Morgan fingerprint density at radius 2 is 1.75 bits per heavy atom. The first-order valence-corrected chi connectivity index (χ1v) is 11.2. The number of benzene rings is 2. The molecule has 36 heavy (non-hydrogen) atoms. The SMILES string of the molecule is CCCc1cnn(-c2ccc(C#N)cc2)c1-c1c(C)n(-c2cccc(C(F)(F)F)c2)c(=O)n(C)c1=O. The third-order valence-electron chi connectivity index (χ3n) is 5.97. The van der Waals surface area contributed by atoms with Crippen LogP contribution in [0.25, 0.3) is 22.6 Å². The van der Waals surface area contributed by atoms with Crippen LogP contribution in [0.15, 0.2) is 64.3 Å². The molecule has 2 heterocycles. The topological polar surface area (TPSA) is 85.6 Å². The monoisotopic (exact) mass is 493 g/mol. The Labute approximate surface area is 204 Å². The van der Waals surface area contributed by atoms with E-state index in [9.17, 15) is 22.8 Å². The Balaban J connectivity index is 2.05. The lowest BCUT2D eigenvalue weighted by Gasteiger charge is -2.18. The second kappa shape index (κ2) is 9.34. The molecule has 0 saturated carbocycles. The molecule has 0 fully saturated rings. The fraction of sp³-hybridized carbons (Fsp3) is 0.231. The fourth-order valence-corrected chi connectivity index (χ4v) is 4.19. The van der Waals surface area contributed by atoms with Gasteiger partial charge in [-0.05, 0) is 61.4 Å². The molecule has 4 rings (SSSR count). The fourth-order valence-electron chi connectivity index (χ4n) is 4.19. The van der Waals surface area contributed by atoms with Crippen LogP contribution in [0.3, 0.4) is 0 Å². The zero-order chi connectivity index (χ0) is 26.2. The molecule has 184 valence electrons. The van der Waals surface area contributed by atoms with Crippen molar-refractivity contribution in [3.8, 4) is 28.7 Å². The second-order valence-corrected chi connectivity index (χ2v) is 8.33. The molecule has 0 unspecified atom stereocenters. The van der Waals surface area contributed by atoms with Crippen molar-refractivity contribution in [1.82, 2.24) is 18.9 Å². The van der Waals surface area contributed by atoms with Gasteiger partial charge in [0.25, 0.3) is 5.56 Å². The Bertz CT molecular complexity index is 1600. The first kappa shape index (κ1) is 24.7. The van der Waals surface area contributed by atoms with E-state index < -0.39 is 23.0 Å². The minimum atomic E-state index is -4.60. The van der Waals surface area contributed by atoms with Gasteiger partial charge in [-0.1, -0.05) is 19.4 Å². The van der Waals surface area contributed by atoms with Crippen LogP contribution in [0.5, 0.6) is 0 Å². The summed E-state index contributed by atoms with van der Waals surface area (Å²) in [7, 11) is 1.29. The Hall–Kier alpha value is -4.39. The lowest BCUT2D eigenvalue weighted by atomic mass is 10.0. The van der Waals surface area contributed by atoms with Crippen molar-refractivity contribution in [2.45, 2.75) is 32.9 Å². The van der Waals surface area contributed by atoms with E-state index in [-0.39, 0.29) is 16.9 Å². The van der Waals surface area contributed by atoms with Crippen LogP contribution < -0.4 is 11.2 Å². The van der Waals surface area contributed by atoms with Gasteiger partial charge in [0.15, 0.2) is 0 Å². The lowest BCUT2D eigenvalue weighted by Crippen LogP contribution is -2.40. The summed E-state index contributed by atoms with van der Waals surface area (Å²) in [4.78, 5) is 26.6. The number of hydrogen-bond acceptors (Lipinski definition) is 4. The summed E-state index contributed by atoms with van der Waals surface area (Å²) in [5, 5.41) is 13.6. The molecule has 0 aliphatic rings. The van der Waals surface area contributed by atoms with Gasteiger partial charge in [0.1, 0.15) is 0 Å². The number of aromatic nitrogens is 4. The normalized spacial score (nSPS) is 11.5. The summed E-state index contributed by atoms with van der Waals surface area (Å²) in [6.07, 6.45) is -1.63. The first-order chi connectivity index (χ1) is 17.1. The zero-order valence-electron chi connectivity index (χ0n) is 19.8. The van der Waals surface area contributed by atoms with Crippen molar-refractivity contribution in [2.75, 3.05) is 0 Å². The Morgan fingerprint density at radius 1 is 1.06 bits per heavy atom. The average Bonchev–Trinajstić information content (AvgIpc) is 3.26. The molecule has 0 saturated heterocycles. The molecular weight excluding hydrogens is 471 g/mol. The number of nitrogens with zero attached hydrogens (tertiary/aromatic N) is 5. The van der Waals surface area contributed by atoms with Crippen molar-refractivity contribution in [3.05, 3.63) is 98.0 Å². The summed E-state index contributed by atoms with van der Waals surface area (Å²) in [5.74, 6) is 0.